The lowest BCUT2D eigenvalue weighted by Crippen LogP contribution is -2.58. The van der Waals surface area contributed by atoms with E-state index in [1.807, 2.05) is 30.3 Å². The highest BCUT2D eigenvalue weighted by atomic mass is 16.5. The summed E-state index contributed by atoms with van der Waals surface area (Å²) in [6, 6.07) is 6.47. The summed E-state index contributed by atoms with van der Waals surface area (Å²) < 4.78 is 5.92. The molecule has 11 heteroatoms. The molecule has 0 radical (unpaired) electrons. The third-order valence-corrected chi connectivity index (χ3v) is 6.42. The monoisotopic (exact) mass is 525 g/mol. The van der Waals surface area contributed by atoms with Crippen LogP contribution in [-0.4, -0.2) is 74.4 Å². The average molecular weight is 526 g/mol. The summed E-state index contributed by atoms with van der Waals surface area (Å²) in [5.74, 6) is -3.39. The molecule has 0 saturated carbocycles. The second-order valence-electron chi connectivity index (χ2n) is 10.0. The minimum absolute atomic E-state index is 0.0605. The molecule has 0 aliphatic carbocycles. The molecule has 3 N–H and O–H groups in total. The van der Waals surface area contributed by atoms with Crippen molar-refractivity contribution < 1.29 is 29.0 Å². The quantitative estimate of drug-likeness (QED) is 0.401. The van der Waals surface area contributed by atoms with E-state index in [1.54, 1.807) is 27.7 Å². The highest BCUT2D eigenvalue weighted by molar-refractivity contribution is 5.97. The number of hydrogen-bond donors (Lipinski definition) is 3. The van der Waals surface area contributed by atoms with E-state index in [9.17, 15) is 24.3 Å². The van der Waals surface area contributed by atoms with E-state index >= 15 is 0 Å². The number of hydrogen-bond acceptors (Lipinski definition) is 7. The van der Waals surface area contributed by atoms with Gasteiger partial charge in [0.05, 0.1) is 18.9 Å². The predicted molar refractivity (Wildman–Crippen MR) is 138 cm³/mol. The van der Waals surface area contributed by atoms with Crippen LogP contribution in [0.3, 0.4) is 0 Å². The van der Waals surface area contributed by atoms with Crippen molar-refractivity contribution in [3.05, 3.63) is 60.2 Å². The first kappa shape index (κ1) is 28.7. The van der Waals surface area contributed by atoms with Crippen molar-refractivity contribution in [2.75, 3.05) is 6.54 Å². The lowest BCUT2D eigenvalue weighted by molar-refractivity contribution is -0.150. The van der Waals surface area contributed by atoms with Gasteiger partial charge in [-0.05, 0) is 17.4 Å². The maximum absolute atomic E-state index is 13.6. The van der Waals surface area contributed by atoms with E-state index in [2.05, 4.69) is 20.6 Å². The summed E-state index contributed by atoms with van der Waals surface area (Å²) in [6.45, 7) is 7.46. The number of aromatic nitrogens is 2. The van der Waals surface area contributed by atoms with Gasteiger partial charge in [0.15, 0.2) is 0 Å². The number of ether oxygens (including phenoxy) is 1. The second kappa shape index (κ2) is 13.1. The van der Waals surface area contributed by atoms with Gasteiger partial charge in [-0.3, -0.25) is 19.4 Å². The summed E-state index contributed by atoms with van der Waals surface area (Å²) in [5.41, 5.74) is 1.00. The predicted octanol–water partition coefficient (Wildman–Crippen LogP) is 1.64. The number of carboxylic acid groups (broad SMARTS) is 1. The molecule has 1 saturated heterocycles. The molecule has 0 bridgehead atoms. The molecule has 1 aromatic heterocycles. The molecule has 1 aliphatic heterocycles. The minimum atomic E-state index is -1.13. The zero-order chi connectivity index (χ0) is 27.8. The van der Waals surface area contributed by atoms with E-state index < -0.39 is 47.9 Å². The molecule has 11 nitrogen and oxygen atoms in total. The molecule has 0 spiro atoms. The highest BCUT2D eigenvalue weighted by Crippen LogP contribution is 2.24. The number of carboxylic acids is 1. The number of nitrogens with zero attached hydrogens (tertiary/aromatic N) is 3. The smallest absolute Gasteiger partial charge is 0.326 e. The Labute approximate surface area is 222 Å². The van der Waals surface area contributed by atoms with Gasteiger partial charge in [0, 0.05) is 25.4 Å². The molecule has 3 amide bonds. The van der Waals surface area contributed by atoms with Crippen LogP contribution in [0.25, 0.3) is 0 Å². The molecule has 1 aromatic carbocycles. The standard InChI is InChI=1S/C27H35N5O6/c1-16(2)22(30-24(33)20-13-28-10-11-29-20)25(34)31-23(17(3)4)26(35)32-14-19(12-21(32)27(36)37)38-15-18-8-6-5-7-9-18/h5-11,13,16-17,19,21-23H,12,14-15H2,1-4H3,(H,30,33)(H,31,34)(H,36,37)/t19-,21+,22+,23+/m1/s1. The molecule has 3 rings (SSSR count). The zero-order valence-corrected chi connectivity index (χ0v) is 22.0. The number of rotatable bonds is 11. The van der Waals surface area contributed by atoms with Gasteiger partial charge in [-0.25, -0.2) is 9.78 Å². The fourth-order valence-electron chi connectivity index (χ4n) is 4.29. The molecular weight excluding hydrogens is 490 g/mol. The Morgan fingerprint density at radius 1 is 1.03 bits per heavy atom. The van der Waals surface area contributed by atoms with E-state index in [4.69, 9.17) is 4.74 Å². The third kappa shape index (κ3) is 7.34. The molecule has 1 fully saturated rings. The number of benzene rings is 1. The molecule has 38 heavy (non-hydrogen) atoms. The maximum atomic E-state index is 13.6. The number of carbonyl (C=O) groups is 4. The van der Waals surface area contributed by atoms with Crippen molar-refractivity contribution in [3.8, 4) is 0 Å². The Morgan fingerprint density at radius 2 is 1.71 bits per heavy atom. The maximum Gasteiger partial charge on any atom is 0.326 e. The Balaban J connectivity index is 1.70. The summed E-state index contributed by atoms with van der Waals surface area (Å²) in [7, 11) is 0. The van der Waals surface area contributed by atoms with Crippen LogP contribution in [0, 0.1) is 11.8 Å². The summed E-state index contributed by atoms with van der Waals surface area (Å²) >= 11 is 0. The summed E-state index contributed by atoms with van der Waals surface area (Å²) in [4.78, 5) is 60.5. The fourth-order valence-corrected chi connectivity index (χ4v) is 4.29. The summed E-state index contributed by atoms with van der Waals surface area (Å²) in [5, 5.41) is 15.2. The van der Waals surface area contributed by atoms with E-state index in [0.29, 0.717) is 6.61 Å². The van der Waals surface area contributed by atoms with Crippen molar-refractivity contribution in [1.82, 2.24) is 25.5 Å². The Bertz CT molecular complexity index is 1110. The van der Waals surface area contributed by atoms with Crippen LogP contribution in [0.2, 0.25) is 0 Å². The topological polar surface area (TPSA) is 151 Å². The van der Waals surface area contributed by atoms with Crippen LogP contribution in [0.15, 0.2) is 48.9 Å². The molecule has 2 heterocycles. The van der Waals surface area contributed by atoms with Gasteiger partial charge < -0.3 is 25.4 Å². The summed E-state index contributed by atoms with van der Waals surface area (Å²) in [6.07, 6.45) is 3.79. The van der Waals surface area contributed by atoms with Gasteiger partial charge in [-0.2, -0.15) is 0 Å². The van der Waals surface area contributed by atoms with Crippen LogP contribution in [0.1, 0.15) is 50.2 Å². The van der Waals surface area contributed by atoms with Gasteiger partial charge in [-0.15, -0.1) is 0 Å². The van der Waals surface area contributed by atoms with Crippen molar-refractivity contribution in [1.29, 1.82) is 0 Å². The number of likely N-dealkylation sites (tertiary alicyclic amines) is 1. The highest BCUT2D eigenvalue weighted by Gasteiger charge is 2.43. The van der Waals surface area contributed by atoms with Gasteiger partial charge in [-0.1, -0.05) is 58.0 Å². The lowest BCUT2D eigenvalue weighted by Gasteiger charge is -2.31. The third-order valence-electron chi connectivity index (χ3n) is 6.42. The number of aliphatic carboxylic acids is 1. The lowest BCUT2D eigenvalue weighted by atomic mass is 9.99. The van der Waals surface area contributed by atoms with E-state index in [0.717, 1.165) is 5.56 Å². The first-order chi connectivity index (χ1) is 18.1. The molecule has 204 valence electrons. The fraction of sp³-hybridized carbons (Fsp3) is 0.481. The van der Waals surface area contributed by atoms with Crippen LogP contribution in [-0.2, 0) is 25.7 Å². The second-order valence-corrected chi connectivity index (χ2v) is 10.0. The number of carbonyl (C=O) groups excluding carboxylic acids is 3. The molecule has 0 unspecified atom stereocenters. The molecule has 4 atom stereocenters. The van der Waals surface area contributed by atoms with E-state index in [-0.39, 0.29) is 30.5 Å². The van der Waals surface area contributed by atoms with Crippen molar-refractivity contribution in [2.24, 2.45) is 11.8 Å². The Kier molecular flexibility index (Phi) is 9.89. The van der Waals surface area contributed by atoms with Crippen LogP contribution < -0.4 is 10.6 Å². The SMILES string of the molecule is CC(C)[C@H](NC(=O)c1cnccn1)C(=O)N[C@H](C(=O)N1C[C@H](OCc2ccccc2)C[C@H]1C(=O)O)C(C)C. The van der Waals surface area contributed by atoms with Crippen molar-refractivity contribution >= 4 is 23.7 Å². The molecular formula is C27H35N5O6. The zero-order valence-electron chi connectivity index (χ0n) is 22.0. The average Bonchev–Trinajstić information content (AvgIpc) is 3.34. The van der Waals surface area contributed by atoms with Gasteiger partial charge >= 0.3 is 5.97 Å². The van der Waals surface area contributed by atoms with Crippen LogP contribution in [0.5, 0.6) is 0 Å². The van der Waals surface area contributed by atoms with Crippen molar-refractivity contribution in [2.45, 2.75) is 65.0 Å². The number of nitrogens with one attached hydrogen (secondary N) is 2. The van der Waals surface area contributed by atoms with Crippen molar-refractivity contribution in [3.63, 3.8) is 0 Å². The minimum Gasteiger partial charge on any atom is -0.480 e. The molecule has 2 aromatic rings. The number of amides is 3. The van der Waals surface area contributed by atoms with Gasteiger partial charge in [0.1, 0.15) is 23.8 Å². The van der Waals surface area contributed by atoms with Gasteiger partial charge in [0.2, 0.25) is 11.8 Å². The first-order valence-electron chi connectivity index (χ1n) is 12.6. The normalized spacial score (nSPS) is 18.7. The van der Waals surface area contributed by atoms with E-state index in [1.165, 1.54) is 23.5 Å². The largest absolute Gasteiger partial charge is 0.480 e. The van der Waals surface area contributed by atoms with Gasteiger partial charge in [0.25, 0.3) is 5.91 Å². The Morgan fingerprint density at radius 3 is 2.29 bits per heavy atom. The molecule has 1 aliphatic rings. The van der Waals surface area contributed by atoms with Crippen LogP contribution in [0.4, 0.5) is 0 Å². The Hall–Kier alpha value is -3.86. The first-order valence-corrected chi connectivity index (χ1v) is 12.6. The van der Waals surface area contributed by atoms with Crippen LogP contribution >= 0.6 is 0 Å².